The Labute approximate surface area is 148 Å². The SMILES string of the molecule is COC(=O)C1=CC(CCc2cccc(N(C)C(=O)OC(C)(C)C)n2)C1. The maximum atomic E-state index is 12.1. The summed E-state index contributed by atoms with van der Waals surface area (Å²) in [5.74, 6) is 0.699. The highest BCUT2D eigenvalue weighted by molar-refractivity contribution is 5.90. The van der Waals surface area contributed by atoms with E-state index >= 15 is 0 Å². The molecule has 1 aliphatic carbocycles. The number of allylic oxidation sites excluding steroid dienone is 1. The van der Waals surface area contributed by atoms with Crippen molar-refractivity contribution in [2.75, 3.05) is 19.1 Å². The lowest BCUT2D eigenvalue weighted by atomic mass is 9.83. The second-order valence-electron chi connectivity index (χ2n) is 7.21. The van der Waals surface area contributed by atoms with E-state index in [0.717, 1.165) is 30.5 Å². The van der Waals surface area contributed by atoms with Gasteiger partial charge in [0.25, 0.3) is 0 Å². The number of hydrogen-bond acceptors (Lipinski definition) is 5. The minimum absolute atomic E-state index is 0.240. The molecule has 0 saturated heterocycles. The molecular formula is C19H26N2O4. The van der Waals surface area contributed by atoms with E-state index in [1.54, 1.807) is 13.1 Å². The molecule has 1 unspecified atom stereocenters. The second kappa shape index (κ2) is 7.68. The second-order valence-corrected chi connectivity index (χ2v) is 7.21. The van der Waals surface area contributed by atoms with Crippen LogP contribution in [0.2, 0.25) is 0 Å². The lowest BCUT2D eigenvalue weighted by Crippen LogP contribution is -2.34. The quantitative estimate of drug-likeness (QED) is 0.763. The van der Waals surface area contributed by atoms with Gasteiger partial charge in [-0.1, -0.05) is 12.1 Å². The number of methoxy groups -OCH3 is 1. The molecule has 25 heavy (non-hydrogen) atoms. The van der Waals surface area contributed by atoms with Gasteiger partial charge in [0, 0.05) is 18.3 Å². The molecule has 0 fully saturated rings. The average molecular weight is 346 g/mol. The van der Waals surface area contributed by atoms with Crippen LogP contribution >= 0.6 is 0 Å². The summed E-state index contributed by atoms with van der Waals surface area (Å²) in [5.41, 5.74) is 1.11. The van der Waals surface area contributed by atoms with Gasteiger partial charge >= 0.3 is 12.1 Å². The first-order valence-corrected chi connectivity index (χ1v) is 8.41. The number of carbonyl (C=O) groups excluding carboxylic acids is 2. The average Bonchev–Trinajstić information content (AvgIpc) is 2.51. The number of esters is 1. The Morgan fingerprint density at radius 3 is 2.60 bits per heavy atom. The van der Waals surface area contributed by atoms with Crippen molar-refractivity contribution in [3.05, 3.63) is 35.5 Å². The van der Waals surface area contributed by atoms with Crippen molar-refractivity contribution in [2.45, 2.75) is 45.6 Å². The van der Waals surface area contributed by atoms with Gasteiger partial charge in [-0.15, -0.1) is 0 Å². The summed E-state index contributed by atoms with van der Waals surface area (Å²) in [6, 6.07) is 5.61. The third-order valence-electron chi connectivity index (χ3n) is 3.94. The maximum absolute atomic E-state index is 12.1. The highest BCUT2D eigenvalue weighted by Crippen LogP contribution is 2.30. The molecule has 1 amide bonds. The predicted molar refractivity (Wildman–Crippen MR) is 95.4 cm³/mol. The molecule has 6 nitrogen and oxygen atoms in total. The Bertz CT molecular complexity index is 676. The molecule has 0 bridgehead atoms. The van der Waals surface area contributed by atoms with Crippen LogP contribution in [0.25, 0.3) is 0 Å². The lowest BCUT2D eigenvalue weighted by Gasteiger charge is -2.25. The van der Waals surface area contributed by atoms with E-state index in [-0.39, 0.29) is 5.97 Å². The molecule has 1 atom stereocenters. The number of rotatable bonds is 5. The Kier molecular flexibility index (Phi) is 5.82. The monoisotopic (exact) mass is 346 g/mol. The fourth-order valence-electron chi connectivity index (χ4n) is 2.55. The number of pyridine rings is 1. The summed E-state index contributed by atoms with van der Waals surface area (Å²) in [4.78, 5) is 29.4. The van der Waals surface area contributed by atoms with Crippen LogP contribution in [0, 0.1) is 5.92 Å². The Morgan fingerprint density at radius 1 is 1.32 bits per heavy atom. The molecule has 1 aliphatic rings. The van der Waals surface area contributed by atoms with E-state index in [2.05, 4.69) is 4.98 Å². The van der Waals surface area contributed by atoms with Gasteiger partial charge in [0.05, 0.1) is 7.11 Å². The van der Waals surface area contributed by atoms with E-state index in [4.69, 9.17) is 9.47 Å². The van der Waals surface area contributed by atoms with Crippen molar-refractivity contribution in [3.8, 4) is 0 Å². The van der Waals surface area contributed by atoms with Crippen molar-refractivity contribution < 1.29 is 19.1 Å². The number of amides is 1. The van der Waals surface area contributed by atoms with Crippen LogP contribution < -0.4 is 4.90 Å². The van der Waals surface area contributed by atoms with E-state index in [1.807, 2.05) is 39.0 Å². The van der Waals surface area contributed by atoms with Crippen LogP contribution in [0.1, 0.15) is 39.3 Å². The zero-order valence-electron chi connectivity index (χ0n) is 15.5. The Morgan fingerprint density at radius 2 is 2.00 bits per heavy atom. The van der Waals surface area contributed by atoms with E-state index in [0.29, 0.717) is 11.7 Å². The van der Waals surface area contributed by atoms with Crippen molar-refractivity contribution in [1.82, 2.24) is 4.98 Å². The fraction of sp³-hybridized carbons (Fsp3) is 0.526. The number of hydrogen-bond donors (Lipinski definition) is 0. The highest BCUT2D eigenvalue weighted by Gasteiger charge is 2.25. The molecule has 1 heterocycles. The number of aryl methyl sites for hydroxylation is 1. The van der Waals surface area contributed by atoms with Crippen LogP contribution in [0.3, 0.4) is 0 Å². The molecule has 1 aromatic heterocycles. The van der Waals surface area contributed by atoms with Crippen LogP contribution in [-0.4, -0.2) is 36.8 Å². The number of carbonyl (C=O) groups is 2. The molecular weight excluding hydrogens is 320 g/mol. The smallest absolute Gasteiger partial charge is 0.415 e. The summed E-state index contributed by atoms with van der Waals surface area (Å²) in [6.07, 6.45) is 3.98. The number of anilines is 1. The molecule has 0 aromatic carbocycles. The standard InChI is InChI=1S/C19H26N2O4/c1-19(2,3)25-18(23)21(4)16-8-6-7-15(20-16)10-9-13-11-14(12-13)17(22)24-5/h6-8,11,13H,9-10,12H2,1-5H3. The molecule has 6 heteroatoms. The third-order valence-corrected chi connectivity index (χ3v) is 3.94. The van der Waals surface area contributed by atoms with Crippen molar-refractivity contribution in [1.29, 1.82) is 0 Å². The van der Waals surface area contributed by atoms with Gasteiger partial charge in [0.2, 0.25) is 0 Å². The Balaban J connectivity index is 1.92. The van der Waals surface area contributed by atoms with Crippen LogP contribution in [0.5, 0.6) is 0 Å². The summed E-state index contributed by atoms with van der Waals surface area (Å²) < 4.78 is 10.1. The molecule has 0 radical (unpaired) electrons. The number of ether oxygens (including phenoxy) is 2. The highest BCUT2D eigenvalue weighted by atomic mass is 16.6. The first-order chi connectivity index (χ1) is 11.7. The van der Waals surface area contributed by atoms with E-state index in [1.165, 1.54) is 12.0 Å². The number of nitrogens with zero attached hydrogens (tertiary/aromatic N) is 2. The molecule has 0 N–H and O–H groups in total. The largest absolute Gasteiger partial charge is 0.466 e. The fourth-order valence-corrected chi connectivity index (χ4v) is 2.55. The summed E-state index contributed by atoms with van der Waals surface area (Å²) in [5, 5.41) is 0. The minimum atomic E-state index is -0.545. The summed E-state index contributed by atoms with van der Waals surface area (Å²) >= 11 is 0. The number of aromatic nitrogens is 1. The Hall–Kier alpha value is -2.37. The van der Waals surface area contributed by atoms with E-state index < -0.39 is 11.7 Å². The summed E-state index contributed by atoms with van der Waals surface area (Å²) in [6.45, 7) is 5.49. The normalized spacial score (nSPS) is 16.5. The molecule has 0 saturated carbocycles. The molecule has 0 aliphatic heterocycles. The molecule has 136 valence electrons. The molecule has 1 aromatic rings. The van der Waals surface area contributed by atoms with Gasteiger partial charge in [-0.05, 0) is 58.1 Å². The van der Waals surface area contributed by atoms with Gasteiger partial charge in [0.1, 0.15) is 11.4 Å². The van der Waals surface area contributed by atoms with Gasteiger partial charge in [0.15, 0.2) is 0 Å². The topological polar surface area (TPSA) is 68.7 Å². The molecule has 0 spiro atoms. The maximum Gasteiger partial charge on any atom is 0.415 e. The first-order valence-electron chi connectivity index (χ1n) is 8.41. The van der Waals surface area contributed by atoms with E-state index in [9.17, 15) is 9.59 Å². The first kappa shape index (κ1) is 19.0. The van der Waals surface area contributed by atoms with Crippen LogP contribution in [0.4, 0.5) is 10.6 Å². The van der Waals surface area contributed by atoms with Gasteiger partial charge in [-0.25, -0.2) is 14.6 Å². The summed E-state index contributed by atoms with van der Waals surface area (Å²) in [7, 11) is 3.05. The van der Waals surface area contributed by atoms with Gasteiger partial charge < -0.3 is 9.47 Å². The molecule has 2 rings (SSSR count). The zero-order valence-corrected chi connectivity index (χ0v) is 15.5. The lowest BCUT2D eigenvalue weighted by molar-refractivity contribution is -0.136. The van der Waals surface area contributed by atoms with Gasteiger partial charge in [-0.2, -0.15) is 0 Å². The third kappa shape index (κ3) is 5.31. The van der Waals surface area contributed by atoms with Gasteiger partial charge in [-0.3, -0.25) is 4.90 Å². The zero-order chi connectivity index (χ0) is 18.6. The van der Waals surface area contributed by atoms with Crippen LogP contribution in [0.15, 0.2) is 29.8 Å². The van der Waals surface area contributed by atoms with Crippen molar-refractivity contribution >= 4 is 17.9 Å². The van der Waals surface area contributed by atoms with Crippen molar-refractivity contribution in [2.24, 2.45) is 5.92 Å². The minimum Gasteiger partial charge on any atom is -0.466 e. The predicted octanol–water partition coefficient (Wildman–Crippen LogP) is 3.50. The van der Waals surface area contributed by atoms with Crippen molar-refractivity contribution in [3.63, 3.8) is 0 Å². The van der Waals surface area contributed by atoms with Crippen LogP contribution in [-0.2, 0) is 20.7 Å².